The van der Waals surface area contributed by atoms with E-state index in [1.54, 1.807) is 0 Å². The van der Waals surface area contributed by atoms with Crippen LogP contribution in [0, 0.1) is 27.7 Å². The molecule has 2 heterocycles. The number of guanidine groups is 1. The van der Waals surface area contributed by atoms with Crippen molar-refractivity contribution in [2.75, 3.05) is 33.3 Å². The topological polar surface area (TPSA) is 54.7 Å². The SMILES string of the molecule is CN=C(NCCc1c(C)nn(C)c1C)N1CCOC(c2ccc(C)cc2C)C1. The Kier molecular flexibility index (Phi) is 6.39. The summed E-state index contributed by atoms with van der Waals surface area (Å²) in [6, 6.07) is 6.59. The highest BCUT2D eigenvalue weighted by Gasteiger charge is 2.25. The average Bonchev–Trinajstić information content (AvgIpc) is 2.91. The van der Waals surface area contributed by atoms with Gasteiger partial charge in [-0.1, -0.05) is 23.8 Å². The van der Waals surface area contributed by atoms with Gasteiger partial charge in [0.1, 0.15) is 6.10 Å². The molecule has 28 heavy (non-hydrogen) atoms. The third kappa shape index (κ3) is 4.38. The van der Waals surface area contributed by atoms with Crippen molar-refractivity contribution in [3.05, 3.63) is 51.8 Å². The van der Waals surface area contributed by atoms with Gasteiger partial charge < -0.3 is 15.0 Å². The summed E-state index contributed by atoms with van der Waals surface area (Å²) in [7, 11) is 3.85. The van der Waals surface area contributed by atoms with E-state index in [9.17, 15) is 0 Å². The molecule has 0 radical (unpaired) electrons. The number of ether oxygens (including phenoxy) is 1. The number of nitrogens with one attached hydrogen (secondary N) is 1. The number of aryl methyl sites for hydroxylation is 4. The van der Waals surface area contributed by atoms with E-state index in [1.807, 2.05) is 18.8 Å². The highest BCUT2D eigenvalue weighted by atomic mass is 16.5. The van der Waals surface area contributed by atoms with Crippen molar-refractivity contribution in [2.45, 2.75) is 40.2 Å². The second kappa shape index (κ2) is 8.78. The number of benzene rings is 1. The Hall–Kier alpha value is -2.34. The van der Waals surface area contributed by atoms with Gasteiger partial charge in [-0.2, -0.15) is 5.10 Å². The molecule has 152 valence electrons. The van der Waals surface area contributed by atoms with Crippen LogP contribution in [0.15, 0.2) is 23.2 Å². The second-order valence-electron chi connectivity index (χ2n) is 7.66. The number of hydrogen-bond acceptors (Lipinski definition) is 3. The van der Waals surface area contributed by atoms with Crippen molar-refractivity contribution in [2.24, 2.45) is 12.0 Å². The molecule has 0 bridgehead atoms. The van der Waals surface area contributed by atoms with Crippen LogP contribution in [0.4, 0.5) is 0 Å². The van der Waals surface area contributed by atoms with E-state index in [-0.39, 0.29) is 6.10 Å². The third-order valence-electron chi connectivity index (χ3n) is 5.67. The summed E-state index contributed by atoms with van der Waals surface area (Å²) in [6.07, 6.45) is 1.02. The lowest BCUT2D eigenvalue weighted by Gasteiger charge is -2.36. The molecule has 6 nitrogen and oxygen atoms in total. The molecule has 0 saturated carbocycles. The molecule has 1 unspecified atom stereocenters. The van der Waals surface area contributed by atoms with Gasteiger partial charge in [0, 0.05) is 32.9 Å². The highest BCUT2D eigenvalue weighted by molar-refractivity contribution is 5.80. The van der Waals surface area contributed by atoms with E-state index >= 15 is 0 Å². The van der Waals surface area contributed by atoms with Gasteiger partial charge in [0.25, 0.3) is 0 Å². The van der Waals surface area contributed by atoms with E-state index in [4.69, 9.17) is 4.74 Å². The van der Waals surface area contributed by atoms with E-state index < -0.39 is 0 Å². The predicted molar refractivity (Wildman–Crippen MR) is 114 cm³/mol. The van der Waals surface area contributed by atoms with Crippen molar-refractivity contribution in [1.29, 1.82) is 0 Å². The third-order valence-corrected chi connectivity index (χ3v) is 5.67. The van der Waals surface area contributed by atoms with Crippen LogP contribution < -0.4 is 5.32 Å². The summed E-state index contributed by atoms with van der Waals surface area (Å²) < 4.78 is 8.04. The number of aromatic nitrogens is 2. The Bertz CT molecular complexity index is 855. The molecule has 3 rings (SSSR count). The van der Waals surface area contributed by atoms with Crippen LogP contribution in [-0.4, -0.2) is 53.9 Å². The summed E-state index contributed by atoms with van der Waals surface area (Å²) >= 11 is 0. The molecule has 1 aliphatic rings. The normalized spacial score (nSPS) is 17.9. The Morgan fingerprint density at radius 3 is 2.71 bits per heavy atom. The standard InChI is InChI=1S/C22H33N5O/c1-15-7-8-19(16(2)13-15)21-14-27(11-12-28-21)22(23-5)24-10-9-20-17(3)25-26(6)18(20)4/h7-8,13,21H,9-12,14H2,1-6H3,(H,23,24). The molecule has 2 aromatic rings. The fourth-order valence-electron chi connectivity index (χ4n) is 4.03. The van der Waals surface area contributed by atoms with Gasteiger partial charge in [0.15, 0.2) is 5.96 Å². The minimum Gasteiger partial charge on any atom is -0.370 e. The minimum atomic E-state index is 0.0794. The van der Waals surface area contributed by atoms with Crippen LogP contribution in [0.5, 0.6) is 0 Å². The van der Waals surface area contributed by atoms with Crippen molar-refractivity contribution in [3.63, 3.8) is 0 Å². The molecule has 0 amide bonds. The first-order chi connectivity index (χ1) is 13.4. The summed E-state index contributed by atoms with van der Waals surface area (Å²) in [5.74, 6) is 0.942. The molecule has 1 atom stereocenters. The molecule has 0 aliphatic carbocycles. The molecular weight excluding hydrogens is 350 g/mol. The first kappa shape index (κ1) is 20.4. The number of aliphatic imine (C=N–C) groups is 1. The zero-order valence-electron chi connectivity index (χ0n) is 18.0. The molecule has 0 spiro atoms. The second-order valence-corrected chi connectivity index (χ2v) is 7.66. The lowest BCUT2D eigenvalue weighted by molar-refractivity contribution is -0.00830. The van der Waals surface area contributed by atoms with Crippen LogP contribution in [-0.2, 0) is 18.2 Å². The quantitative estimate of drug-likeness (QED) is 0.652. The molecule has 1 saturated heterocycles. The lowest BCUT2D eigenvalue weighted by Crippen LogP contribution is -2.48. The van der Waals surface area contributed by atoms with Crippen LogP contribution in [0.2, 0.25) is 0 Å². The maximum Gasteiger partial charge on any atom is 0.193 e. The Labute approximate surface area is 168 Å². The molecule has 1 fully saturated rings. The summed E-state index contributed by atoms with van der Waals surface area (Å²) in [5.41, 5.74) is 7.51. The maximum absolute atomic E-state index is 6.08. The van der Waals surface area contributed by atoms with Crippen LogP contribution in [0.25, 0.3) is 0 Å². The fourth-order valence-corrected chi connectivity index (χ4v) is 4.03. The van der Waals surface area contributed by atoms with Gasteiger partial charge in [-0.15, -0.1) is 0 Å². The van der Waals surface area contributed by atoms with E-state index in [1.165, 1.54) is 27.9 Å². The smallest absolute Gasteiger partial charge is 0.193 e. The lowest BCUT2D eigenvalue weighted by atomic mass is 10.00. The van der Waals surface area contributed by atoms with Gasteiger partial charge in [0.05, 0.1) is 18.8 Å². The monoisotopic (exact) mass is 383 g/mol. The van der Waals surface area contributed by atoms with Gasteiger partial charge >= 0.3 is 0 Å². The number of nitrogens with zero attached hydrogens (tertiary/aromatic N) is 4. The zero-order valence-corrected chi connectivity index (χ0v) is 18.0. The number of morpholine rings is 1. The van der Waals surface area contributed by atoms with Gasteiger partial charge in [-0.3, -0.25) is 9.67 Å². The zero-order chi connectivity index (χ0) is 20.3. The Balaban J connectivity index is 1.62. The molecule has 1 aromatic heterocycles. The summed E-state index contributed by atoms with van der Waals surface area (Å²) in [5, 5.41) is 8.04. The van der Waals surface area contributed by atoms with Crippen LogP contribution in [0.1, 0.15) is 39.7 Å². The van der Waals surface area contributed by atoms with Gasteiger partial charge in [-0.25, -0.2) is 0 Å². The Morgan fingerprint density at radius 1 is 1.29 bits per heavy atom. The molecule has 1 aromatic carbocycles. The van der Waals surface area contributed by atoms with E-state index in [2.05, 4.69) is 66.2 Å². The molecule has 1 aliphatic heterocycles. The highest BCUT2D eigenvalue weighted by Crippen LogP contribution is 2.26. The van der Waals surface area contributed by atoms with Crippen molar-refractivity contribution in [1.82, 2.24) is 20.0 Å². The predicted octanol–water partition coefficient (Wildman–Crippen LogP) is 2.85. The fraction of sp³-hybridized carbons (Fsp3) is 0.545. The Morgan fingerprint density at radius 2 is 2.07 bits per heavy atom. The van der Waals surface area contributed by atoms with Crippen molar-refractivity contribution < 1.29 is 4.74 Å². The van der Waals surface area contributed by atoms with Crippen LogP contribution in [0.3, 0.4) is 0 Å². The van der Waals surface area contributed by atoms with E-state index in [0.717, 1.165) is 37.7 Å². The summed E-state index contributed by atoms with van der Waals surface area (Å²) in [4.78, 5) is 6.81. The molecular formula is C22H33N5O. The largest absolute Gasteiger partial charge is 0.370 e. The first-order valence-electron chi connectivity index (χ1n) is 10.0. The average molecular weight is 384 g/mol. The van der Waals surface area contributed by atoms with Crippen LogP contribution >= 0.6 is 0 Å². The number of rotatable bonds is 4. The van der Waals surface area contributed by atoms with Gasteiger partial charge in [-0.05, 0) is 50.8 Å². The maximum atomic E-state index is 6.08. The van der Waals surface area contributed by atoms with Gasteiger partial charge in [0.2, 0.25) is 0 Å². The molecule has 6 heteroatoms. The summed E-state index contributed by atoms with van der Waals surface area (Å²) in [6.45, 7) is 11.7. The van der Waals surface area contributed by atoms with E-state index in [0.29, 0.717) is 6.61 Å². The first-order valence-corrected chi connectivity index (χ1v) is 10.0. The number of hydrogen-bond donors (Lipinski definition) is 1. The van der Waals surface area contributed by atoms with Crippen molar-refractivity contribution in [3.8, 4) is 0 Å². The molecule has 1 N–H and O–H groups in total. The van der Waals surface area contributed by atoms with Crippen molar-refractivity contribution >= 4 is 5.96 Å². The minimum absolute atomic E-state index is 0.0794.